The van der Waals surface area contributed by atoms with Crippen LogP contribution in [-0.4, -0.2) is 8.42 Å². The number of hydrogen-bond acceptors (Lipinski definition) is 3. The Labute approximate surface area is 135 Å². The third-order valence-corrected chi connectivity index (χ3v) is 4.98. The van der Waals surface area contributed by atoms with E-state index in [0.717, 1.165) is 0 Å². The molecule has 2 rings (SSSR count). The molecule has 0 atom stereocenters. The van der Waals surface area contributed by atoms with Gasteiger partial charge in [0.2, 0.25) is 0 Å². The summed E-state index contributed by atoms with van der Waals surface area (Å²) in [6, 6.07) is 8.94. The highest BCUT2D eigenvalue weighted by molar-refractivity contribution is 9.10. The second kappa shape index (κ2) is 5.81. The van der Waals surface area contributed by atoms with Gasteiger partial charge in [-0.1, -0.05) is 39.1 Å². The molecule has 0 saturated heterocycles. The van der Waals surface area contributed by atoms with E-state index in [4.69, 9.17) is 28.9 Å². The molecule has 2 aromatic carbocycles. The summed E-state index contributed by atoms with van der Waals surface area (Å²) in [7, 11) is -3.79. The first kappa shape index (κ1) is 15.4. The van der Waals surface area contributed by atoms with Gasteiger partial charge in [0.25, 0.3) is 10.0 Å². The summed E-state index contributed by atoms with van der Waals surface area (Å²) in [4.78, 5) is 0.00967. The lowest BCUT2D eigenvalue weighted by molar-refractivity contribution is 0.601. The molecule has 2 aromatic rings. The number of nitrogens with two attached hydrogens (primary N) is 1. The van der Waals surface area contributed by atoms with Crippen molar-refractivity contribution >= 4 is 60.5 Å². The van der Waals surface area contributed by atoms with Crippen LogP contribution in [0.4, 0.5) is 11.4 Å². The molecule has 0 aliphatic heterocycles. The van der Waals surface area contributed by atoms with E-state index in [-0.39, 0.29) is 16.3 Å². The summed E-state index contributed by atoms with van der Waals surface area (Å²) >= 11 is 15.0. The van der Waals surface area contributed by atoms with Crippen molar-refractivity contribution in [1.29, 1.82) is 0 Å². The Bertz CT molecular complexity index is 766. The van der Waals surface area contributed by atoms with Crippen molar-refractivity contribution < 1.29 is 8.42 Å². The summed E-state index contributed by atoms with van der Waals surface area (Å²) in [6.45, 7) is 0. The normalized spacial score (nSPS) is 11.3. The average molecular weight is 396 g/mol. The lowest BCUT2D eigenvalue weighted by atomic mass is 10.3. The number of halogens is 3. The first-order valence-corrected chi connectivity index (χ1v) is 8.36. The molecule has 0 saturated carbocycles. The van der Waals surface area contributed by atoms with Crippen molar-refractivity contribution in [1.82, 2.24) is 0 Å². The van der Waals surface area contributed by atoms with E-state index in [1.165, 1.54) is 18.2 Å². The highest BCUT2D eigenvalue weighted by atomic mass is 79.9. The maximum Gasteiger partial charge on any atom is 0.262 e. The zero-order chi connectivity index (χ0) is 14.9. The van der Waals surface area contributed by atoms with Crippen LogP contribution in [-0.2, 0) is 10.0 Å². The Hall–Kier alpha value is -0.950. The molecule has 3 N–H and O–H groups in total. The number of rotatable bonds is 3. The van der Waals surface area contributed by atoms with Crippen molar-refractivity contribution in [2.75, 3.05) is 10.5 Å². The molecule has 0 aliphatic rings. The molecule has 0 aromatic heterocycles. The Morgan fingerprint density at radius 2 is 1.70 bits per heavy atom. The van der Waals surface area contributed by atoms with Crippen LogP contribution < -0.4 is 10.5 Å². The van der Waals surface area contributed by atoms with Crippen LogP contribution in [0.1, 0.15) is 0 Å². The molecule has 0 heterocycles. The quantitative estimate of drug-likeness (QED) is 0.767. The number of sulfonamides is 1. The molecule has 20 heavy (non-hydrogen) atoms. The van der Waals surface area contributed by atoms with Crippen molar-refractivity contribution in [3.63, 3.8) is 0 Å². The fourth-order valence-electron chi connectivity index (χ4n) is 1.47. The minimum Gasteiger partial charge on any atom is -0.397 e. The van der Waals surface area contributed by atoms with Gasteiger partial charge in [0.1, 0.15) is 0 Å². The van der Waals surface area contributed by atoms with Crippen LogP contribution in [0.25, 0.3) is 0 Å². The van der Waals surface area contributed by atoms with Crippen LogP contribution in [0.2, 0.25) is 10.0 Å². The number of benzene rings is 2. The van der Waals surface area contributed by atoms with Gasteiger partial charge in [0, 0.05) is 4.47 Å². The molecule has 0 fully saturated rings. The monoisotopic (exact) mass is 394 g/mol. The maximum atomic E-state index is 12.2. The number of anilines is 2. The van der Waals surface area contributed by atoms with E-state index in [2.05, 4.69) is 20.7 Å². The smallest absolute Gasteiger partial charge is 0.262 e. The lowest BCUT2D eigenvalue weighted by Crippen LogP contribution is -2.13. The van der Waals surface area contributed by atoms with Crippen molar-refractivity contribution in [3.8, 4) is 0 Å². The molecule has 4 nitrogen and oxygen atoms in total. The summed E-state index contributed by atoms with van der Waals surface area (Å²) in [6.07, 6.45) is 0. The SMILES string of the molecule is Nc1cc(S(=O)(=O)Nc2cc(Br)ccc2Cl)ccc1Cl. The van der Waals surface area contributed by atoms with E-state index in [1.807, 2.05) is 0 Å². The standard InChI is InChI=1S/C12H9BrCl2N2O2S/c13-7-1-3-10(15)12(5-7)17-20(18,19)8-2-4-9(14)11(16)6-8/h1-6,17H,16H2. The van der Waals surface area contributed by atoms with E-state index in [9.17, 15) is 8.42 Å². The van der Waals surface area contributed by atoms with Crippen molar-refractivity contribution in [2.45, 2.75) is 4.90 Å². The molecule has 0 unspecified atom stereocenters. The van der Waals surface area contributed by atoms with Gasteiger partial charge in [-0.2, -0.15) is 0 Å². The fourth-order valence-corrected chi connectivity index (χ4v) is 3.27. The third-order valence-electron chi connectivity index (χ3n) is 2.45. The summed E-state index contributed by atoms with van der Waals surface area (Å²) in [5, 5.41) is 0.586. The predicted octanol–water partition coefficient (Wildman–Crippen LogP) is 4.14. The maximum absolute atomic E-state index is 12.2. The van der Waals surface area contributed by atoms with Gasteiger partial charge < -0.3 is 5.73 Å². The Kier molecular flexibility index (Phi) is 4.49. The van der Waals surface area contributed by atoms with Gasteiger partial charge in [-0.3, -0.25) is 4.72 Å². The molecule has 0 spiro atoms. The van der Waals surface area contributed by atoms with Crippen LogP contribution in [0.15, 0.2) is 45.8 Å². The van der Waals surface area contributed by atoms with Crippen LogP contribution in [0.3, 0.4) is 0 Å². The fraction of sp³-hybridized carbons (Fsp3) is 0. The number of hydrogen-bond donors (Lipinski definition) is 2. The van der Waals surface area contributed by atoms with Gasteiger partial charge in [-0.15, -0.1) is 0 Å². The van der Waals surface area contributed by atoms with E-state index >= 15 is 0 Å². The second-order valence-electron chi connectivity index (χ2n) is 3.91. The van der Waals surface area contributed by atoms with Gasteiger partial charge in [0.05, 0.1) is 26.3 Å². The molecular formula is C12H9BrCl2N2O2S. The Balaban J connectivity index is 2.40. The zero-order valence-corrected chi connectivity index (χ0v) is 13.8. The molecule has 0 bridgehead atoms. The summed E-state index contributed by atoms with van der Waals surface area (Å²) in [5.74, 6) is 0. The predicted molar refractivity (Wildman–Crippen MR) is 85.8 cm³/mol. The molecule has 0 radical (unpaired) electrons. The highest BCUT2D eigenvalue weighted by Gasteiger charge is 2.17. The van der Waals surface area contributed by atoms with Crippen LogP contribution in [0.5, 0.6) is 0 Å². The first-order chi connectivity index (χ1) is 9.29. The Morgan fingerprint density at radius 3 is 2.35 bits per heavy atom. The first-order valence-electron chi connectivity index (χ1n) is 5.32. The van der Waals surface area contributed by atoms with E-state index < -0.39 is 10.0 Å². The van der Waals surface area contributed by atoms with Gasteiger partial charge in [-0.25, -0.2) is 8.42 Å². The molecular weight excluding hydrogens is 387 g/mol. The minimum absolute atomic E-state index is 0.00967. The van der Waals surface area contributed by atoms with Crippen molar-refractivity contribution in [3.05, 3.63) is 50.9 Å². The van der Waals surface area contributed by atoms with Crippen molar-refractivity contribution in [2.24, 2.45) is 0 Å². The summed E-state index contributed by atoms with van der Waals surface area (Å²) in [5.41, 5.74) is 6.07. The molecule has 106 valence electrons. The molecule has 8 heteroatoms. The van der Waals surface area contributed by atoms with E-state index in [1.54, 1.807) is 18.2 Å². The Morgan fingerprint density at radius 1 is 1.05 bits per heavy atom. The highest BCUT2D eigenvalue weighted by Crippen LogP contribution is 2.29. The second-order valence-corrected chi connectivity index (χ2v) is 7.33. The van der Waals surface area contributed by atoms with Crippen LogP contribution >= 0.6 is 39.1 Å². The van der Waals surface area contributed by atoms with E-state index in [0.29, 0.717) is 14.5 Å². The zero-order valence-electron chi connectivity index (χ0n) is 9.90. The molecule has 0 aliphatic carbocycles. The van der Waals surface area contributed by atoms with Gasteiger partial charge in [0.15, 0.2) is 0 Å². The third kappa shape index (κ3) is 3.38. The molecule has 0 amide bonds. The number of nitrogens with one attached hydrogen (secondary N) is 1. The van der Waals surface area contributed by atoms with Crippen LogP contribution in [0, 0.1) is 0 Å². The van der Waals surface area contributed by atoms with Gasteiger partial charge >= 0.3 is 0 Å². The van der Waals surface area contributed by atoms with Gasteiger partial charge in [-0.05, 0) is 36.4 Å². The largest absolute Gasteiger partial charge is 0.397 e. The minimum atomic E-state index is -3.79. The summed E-state index contributed by atoms with van der Waals surface area (Å²) < 4.78 is 27.6. The number of nitrogen functional groups attached to an aromatic ring is 1. The average Bonchev–Trinajstić information content (AvgIpc) is 2.36. The topological polar surface area (TPSA) is 72.2 Å². The lowest BCUT2D eigenvalue weighted by Gasteiger charge is -2.11.